The van der Waals surface area contributed by atoms with E-state index in [4.69, 9.17) is 19.9 Å². The van der Waals surface area contributed by atoms with Gasteiger partial charge in [0.15, 0.2) is 5.82 Å². The highest BCUT2D eigenvalue weighted by molar-refractivity contribution is 5.76. The molecule has 0 radical (unpaired) electrons. The van der Waals surface area contributed by atoms with Crippen molar-refractivity contribution in [3.8, 4) is 28.6 Å². The number of hydrogen-bond donors (Lipinski definition) is 1. The van der Waals surface area contributed by atoms with Crippen LogP contribution in [-0.2, 0) is 0 Å². The summed E-state index contributed by atoms with van der Waals surface area (Å²) in [7, 11) is 5.31. The van der Waals surface area contributed by atoms with Gasteiger partial charge in [-0.05, 0) is 38.6 Å². The number of ether oxygens (including phenoxy) is 3. The van der Waals surface area contributed by atoms with Crippen molar-refractivity contribution in [1.82, 2.24) is 14.9 Å². The Kier molecular flexibility index (Phi) is 5.23. The fourth-order valence-electron chi connectivity index (χ4n) is 3.03. The van der Waals surface area contributed by atoms with E-state index >= 15 is 0 Å². The lowest BCUT2D eigenvalue weighted by Gasteiger charge is -2.19. The minimum atomic E-state index is 0.306. The molecule has 25 heavy (non-hydrogen) atoms. The summed E-state index contributed by atoms with van der Waals surface area (Å²) in [6.07, 6.45) is 3.94. The number of aromatic nitrogens is 2. The number of methoxy groups -OCH3 is 2. The van der Waals surface area contributed by atoms with Crippen LogP contribution in [0, 0.1) is 0 Å². The minimum absolute atomic E-state index is 0.306. The van der Waals surface area contributed by atoms with E-state index in [0.717, 1.165) is 18.5 Å². The average Bonchev–Trinajstić information content (AvgIpc) is 3.04. The third kappa shape index (κ3) is 3.76. The molecule has 7 heteroatoms. The fourth-order valence-corrected chi connectivity index (χ4v) is 3.03. The molecule has 0 amide bonds. The largest absolute Gasteiger partial charge is 0.497 e. The van der Waals surface area contributed by atoms with E-state index in [-0.39, 0.29) is 0 Å². The second-order valence-electron chi connectivity index (χ2n) is 6.10. The Morgan fingerprint density at radius 1 is 1.28 bits per heavy atom. The molecule has 1 atom stereocenters. The van der Waals surface area contributed by atoms with Gasteiger partial charge in [0.2, 0.25) is 5.88 Å². The Balaban J connectivity index is 1.78. The van der Waals surface area contributed by atoms with Crippen LogP contribution in [0.4, 0.5) is 5.82 Å². The molecule has 1 saturated heterocycles. The van der Waals surface area contributed by atoms with E-state index in [2.05, 4.69) is 21.9 Å². The van der Waals surface area contributed by atoms with E-state index in [1.165, 1.54) is 6.42 Å². The summed E-state index contributed by atoms with van der Waals surface area (Å²) in [5, 5.41) is 0. The van der Waals surface area contributed by atoms with E-state index in [1.54, 1.807) is 26.5 Å². The zero-order valence-electron chi connectivity index (χ0n) is 14.9. The molecule has 1 fully saturated rings. The number of nitrogen functional groups attached to an aromatic ring is 1. The third-order valence-electron chi connectivity index (χ3n) is 4.54. The first kappa shape index (κ1) is 17.3. The van der Waals surface area contributed by atoms with Crippen LogP contribution in [0.1, 0.15) is 12.8 Å². The fraction of sp³-hybridized carbons (Fsp3) is 0.444. The standard InChI is InChI=1S/C18H24N4O3/c1-22-8-4-5-12(22)11-25-16-10-20-17(18(19)21-16)14-7-6-13(23-2)9-15(14)24-3/h6-7,9-10,12H,4-5,8,11H2,1-3H3,(H2,19,21). The lowest BCUT2D eigenvalue weighted by atomic mass is 10.1. The Morgan fingerprint density at radius 2 is 2.12 bits per heavy atom. The van der Waals surface area contributed by atoms with Crippen molar-refractivity contribution >= 4 is 5.82 Å². The molecular formula is C18H24N4O3. The zero-order valence-corrected chi connectivity index (χ0v) is 14.9. The molecule has 7 nitrogen and oxygen atoms in total. The maximum absolute atomic E-state index is 6.11. The van der Waals surface area contributed by atoms with Gasteiger partial charge in [-0.1, -0.05) is 0 Å². The van der Waals surface area contributed by atoms with Gasteiger partial charge in [0.05, 0.1) is 20.4 Å². The van der Waals surface area contributed by atoms with Crippen molar-refractivity contribution in [3.63, 3.8) is 0 Å². The van der Waals surface area contributed by atoms with Crippen LogP contribution in [0.3, 0.4) is 0 Å². The summed E-state index contributed by atoms with van der Waals surface area (Å²) < 4.78 is 16.4. The highest BCUT2D eigenvalue weighted by atomic mass is 16.5. The molecular weight excluding hydrogens is 320 g/mol. The highest BCUT2D eigenvalue weighted by Crippen LogP contribution is 2.34. The molecule has 2 aromatic rings. The maximum Gasteiger partial charge on any atom is 0.234 e. The molecule has 1 aliphatic rings. The van der Waals surface area contributed by atoms with Crippen LogP contribution in [0.5, 0.6) is 17.4 Å². The minimum Gasteiger partial charge on any atom is -0.497 e. The summed E-state index contributed by atoms with van der Waals surface area (Å²) in [5.74, 6) is 2.07. The Labute approximate surface area is 147 Å². The van der Waals surface area contributed by atoms with E-state index < -0.39 is 0 Å². The molecule has 0 spiro atoms. The highest BCUT2D eigenvalue weighted by Gasteiger charge is 2.22. The Morgan fingerprint density at radius 3 is 2.76 bits per heavy atom. The van der Waals surface area contributed by atoms with Crippen molar-refractivity contribution in [2.24, 2.45) is 0 Å². The van der Waals surface area contributed by atoms with Gasteiger partial charge in [-0.2, -0.15) is 4.98 Å². The zero-order chi connectivity index (χ0) is 17.8. The predicted octanol–water partition coefficient (Wildman–Crippen LogP) is 2.22. The van der Waals surface area contributed by atoms with Gasteiger partial charge in [0.1, 0.15) is 23.8 Å². The normalized spacial score (nSPS) is 17.5. The van der Waals surface area contributed by atoms with Gasteiger partial charge < -0.3 is 24.8 Å². The van der Waals surface area contributed by atoms with Gasteiger partial charge in [0, 0.05) is 17.7 Å². The van der Waals surface area contributed by atoms with Crippen LogP contribution < -0.4 is 19.9 Å². The topological polar surface area (TPSA) is 82.7 Å². The number of benzene rings is 1. The van der Waals surface area contributed by atoms with Crippen molar-refractivity contribution < 1.29 is 14.2 Å². The summed E-state index contributed by atoms with van der Waals surface area (Å²) in [6, 6.07) is 5.90. The van der Waals surface area contributed by atoms with Crippen molar-refractivity contribution in [2.75, 3.05) is 40.2 Å². The number of nitrogens with zero attached hydrogens (tertiary/aromatic N) is 3. The molecule has 134 valence electrons. The van der Waals surface area contributed by atoms with Gasteiger partial charge in [-0.15, -0.1) is 0 Å². The van der Waals surface area contributed by atoms with Crippen LogP contribution in [0.2, 0.25) is 0 Å². The molecule has 1 aliphatic heterocycles. The number of nitrogens with two attached hydrogens (primary N) is 1. The molecule has 2 heterocycles. The number of rotatable bonds is 6. The van der Waals surface area contributed by atoms with Crippen molar-refractivity contribution in [1.29, 1.82) is 0 Å². The van der Waals surface area contributed by atoms with Crippen LogP contribution in [0.15, 0.2) is 24.4 Å². The number of likely N-dealkylation sites (N-methyl/N-ethyl adjacent to an activating group) is 1. The van der Waals surface area contributed by atoms with Crippen LogP contribution >= 0.6 is 0 Å². The third-order valence-corrected chi connectivity index (χ3v) is 4.54. The van der Waals surface area contributed by atoms with Crippen LogP contribution in [0.25, 0.3) is 11.3 Å². The van der Waals surface area contributed by atoms with Crippen molar-refractivity contribution in [3.05, 3.63) is 24.4 Å². The number of hydrogen-bond acceptors (Lipinski definition) is 7. The number of anilines is 1. The second-order valence-corrected chi connectivity index (χ2v) is 6.10. The molecule has 1 aromatic heterocycles. The first-order chi connectivity index (χ1) is 12.1. The summed E-state index contributed by atoms with van der Waals surface area (Å²) in [5.41, 5.74) is 7.43. The molecule has 0 saturated carbocycles. The first-order valence-corrected chi connectivity index (χ1v) is 8.30. The predicted molar refractivity (Wildman–Crippen MR) is 96.1 cm³/mol. The Bertz CT molecular complexity index is 738. The van der Waals surface area contributed by atoms with Crippen LogP contribution in [-0.4, -0.2) is 55.3 Å². The second kappa shape index (κ2) is 7.57. The molecule has 0 bridgehead atoms. The monoisotopic (exact) mass is 344 g/mol. The van der Waals surface area contributed by atoms with E-state index in [0.29, 0.717) is 41.5 Å². The van der Waals surface area contributed by atoms with Gasteiger partial charge in [0.25, 0.3) is 0 Å². The molecule has 1 unspecified atom stereocenters. The first-order valence-electron chi connectivity index (χ1n) is 8.30. The summed E-state index contributed by atoms with van der Waals surface area (Å²) in [6.45, 7) is 1.70. The molecule has 3 rings (SSSR count). The average molecular weight is 344 g/mol. The van der Waals surface area contributed by atoms with Gasteiger partial charge >= 0.3 is 0 Å². The van der Waals surface area contributed by atoms with Gasteiger partial charge in [-0.3, -0.25) is 0 Å². The Hall–Kier alpha value is -2.54. The lowest BCUT2D eigenvalue weighted by Crippen LogP contribution is -2.30. The smallest absolute Gasteiger partial charge is 0.234 e. The van der Waals surface area contributed by atoms with Gasteiger partial charge in [-0.25, -0.2) is 4.98 Å². The molecule has 2 N–H and O–H groups in total. The quantitative estimate of drug-likeness (QED) is 0.860. The van der Waals surface area contributed by atoms with Crippen molar-refractivity contribution in [2.45, 2.75) is 18.9 Å². The van der Waals surface area contributed by atoms with E-state index in [1.807, 2.05) is 12.1 Å². The summed E-state index contributed by atoms with van der Waals surface area (Å²) >= 11 is 0. The number of likely N-dealkylation sites (tertiary alicyclic amines) is 1. The summed E-state index contributed by atoms with van der Waals surface area (Å²) in [4.78, 5) is 11.1. The molecule has 1 aromatic carbocycles. The maximum atomic E-state index is 6.11. The lowest BCUT2D eigenvalue weighted by molar-refractivity contribution is 0.193. The molecule has 0 aliphatic carbocycles. The SMILES string of the molecule is COc1ccc(-c2ncc(OCC3CCCN3C)nc2N)c(OC)c1. The van der Waals surface area contributed by atoms with E-state index in [9.17, 15) is 0 Å².